The van der Waals surface area contributed by atoms with E-state index in [1.54, 1.807) is 7.11 Å². The van der Waals surface area contributed by atoms with E-state index in [0.717, 1.165) is 18.7 Å². The van der Waals surface area contributed by atoms with Gasteiger partial charge in [0.2, 0.25) is 0 Å². The van der Waals surface area contributed by atoms with Gasteiger partial charge in [-0.25, -0.2) is 0 Å². The number of nitrogens with zero attached hydrogens (tertiary/aromatic N) is 3. The number of methoxy groups -OCH3 is 1. The lowest BCUT2D eigenvalue weighted by molar-refractivity contribution is 0.181. The van der Waals surface area contributed by atoms with E-state index in [0.29, 0.717) is 19.0 Å². The molecule has 0 aliphatic heterocycles. The van der Waals surface area contributed by atoms with E-state index >= 15 is 0 Å². The Morgan fingerprint density at radius 3 is 2.60 bits per heavy atom. The molecule has 0 aliphatic rings. The zero-order chi connectivity index (χ0) is 14.4. The molecule has 0 saturated heterocycles. The fourth-order valence-corrected chi connectivity index (χ4v) is 2.25. The van der Waals surface area contributed by atoms with E-state index in [-0.39, 0.29) is 6.61 Å². The van der Waals surface area contributed by atoms with E-state index < -0.39 is 0 Å². The quantitative estimate of drug-likeness (QED) is 0.832. The van der Waals surface area contributed by atoms with Crippen LogP contribution >= 0.6 is 0 Å². The zero-order valence-electron chi connectivity index (χ0n) is 12.0. The molecule has 0 atom stereocenters. The predicted molar refractivity (Wildman–Crippen MR) is 76.4 cm³/mol. The third kappa shape index (κ3) is 3.43. The topological polar surface area (TPSA) is 60.2 Å². The largest absolute Gasteiger partial charge is 0.388 e. The maximum atomic E-state index is 9.30. The van der Waals surface area contributed by atoms with Crippen molar-refractivity contribution in [3.05, 3.63) is 47.0 Å². The van der Waals surface area contributed by atoms with Crippen LogP contribution < -0.4 is 0 Å². The third-order valence-corrected chi connectivity index (χ3v) is 3.44. The predicted octanol–water partition coefficient (Wildman–Crippen LogP) is 1.51. The van der Waals surface area contributed by atoms with E-state index in [4.69, 9.17) is 4.74 Å². The van der Waals surface area contributed by atoms with Crippen molar-refractivity contribution in [1.82, 2.24) is 14.8 Å². The lowest BCUT2D eigenvalue weighted by atomic mass is 10.0. The summed E-state index contributed by atoms with van der Waals surface area (Å²) in [5, 5.41) is 17.5. The lowest BCUT2D eigenvalue weighted by Crippen LogP contribution is -2.12. The van der Waals surface area contributed by atoms with Gasteiger partial charge in [0, 0.05) is 20.1 Å². The van der Waals surface area contributed by atoms with Crippen molar-refractivity contribution in [2.75, 3.05) is 13.7 Å². The smallest absolute Gasteiger partial charge is 0.158 e. The number of aryl methyl sites for hydroxylation is 3. The van der Waals surface area contributed by atoms with Crippen molar-refractivity contribution in [1.29, 1.82) is 0 Å². The molecule has 0 aliphatic carbocycles. The van der Waals surface area contributed by atoms with E-state index in [1.807, 2.05) is 10.6 Å². The van der Waals surface area contributed by atoms with Gasteiger partial charge in [0.25, 0.3) is 0 Å². The van der Waals surface area contributed by atoms with Crippen molar-refractivity contribution >= 4 is 0 Å². The van der Waals surface area contributed by atoms with Crippen molar-refractivity contribution < 1.29 is 9.84 Å². The molecule has 0 fully saturated rings. The van der Waals surface area contributed by atoms with E-state index in [2.05, 4.69) is 35.3 Å². The summed E-state index contributed by atoms with van der Waals surface area (Å²) < 4.78 is 7.04. The van der Waals surface area contributed by atoms with Crippen LogP contribution in [0.1, 0.15) is 22.8 Å². The first-order valence-electron chi connectivity index (χ1n) is 6.81. The average Bonchev–Trinajstić information content (AvgIpc) is 2.86. The fraction of sp³-hybridized carbons (Fsp3) is 0.467. The average molecular weight is 275 g/mol. The Labute approximate surface area is 119 Å². The van der Waals surface area contributed by atoms with Gasteiger partial charge in [0.05, 0.1) is 6.61 Å². The number of aromatic nitrogens is 3. The first-order valence-corrected chi connectivity index (χ1v) is 6.81. The summed E-state index contributed by atoms with van der Waals surface area (Å²) in [5.74, 6) is 1.50. The Morgan fingerprint density at radius 1 is 1.15 bits per heavy atom. The van der Waals surface area contributed by atoms with Crippen molar-refractivity contribution in [3.8, 4) is 0 Å². The highest BCUT2D eigenvalue weighted by atomic mass is 16.5. The summed E-state index contributed by atoms with van der Waals surface area (Å²) in [5.41, 5.74) is 2.61. The van der Waals surface area contributed by atoms with Crippen LogP contribution in [0, 0.1) is 6.92 Å². The number of ether oxygens (including phenoxy) is 1. The molecular weight excluding hydrogens is 254 g/mol. The highest BCUT2D eigenvalue weighted by Crippen LogP contribution is 2.11. The van der Waals surface area contributed by atoms with Crippen molar-refractivity contribution in [3.63, 3.8) is 0 Å². The highest BCUT2D eigenvalue weighted by Gasteiger charge is 2.11. The van der Waals surface area contributed by atoms with Crippen LogP contribution in [0.3, 0.4) is 0 Å². The minimum absolute atomic E-state index is 0.0962. The Hall–Kier alpha value is -1.72. The molecule has 2 aromatic rings. The summed E-state index contributed by atoms with van der Waals surface area (Å²) in [4.78, 5) is 0. The molecule has 0 spiro atoms. The van der Waals surface area contributed by atoms with Gasteiger partial charge in [-0.2, -0.15) is 0 Å². The number of aliphatic hydroxyl groups is 1. The first-order chi connectivity index (χ1) is 9.76. The molecular formula is C15H21N3O2. The Morgan fingerprint density at radius 2 is 1.90 bits per heavy atom. The summed E-state index contributed by atoms with van der Waals surface area (Å²) in [6.07, 6.45) is 1.73. The second-order valence-corrected chi connectivity index (χ2v) is 4.76. The second-order valence-electron chi connectivity index (χ2n) is 4.76. The molecule has 0 radical (unpaired) electrons. The fourth-order valence-electron chi connectivity index (χ4n) is 2.25. The molecule has 0 unspecified atom stereocenters. The number of rotatable bonds is 7. The maximum absolute atomic E-state index is 9.30. The normalized spacial score (nSPS) is 10.9. The number of aliphatic hydroxyl groups excluding tert-OH is 1. The summed E-state index contributed by atoms with van der Waals surface area (Å²) in [6, 6.07) is 8.35. The van der Waals surface area contributed by atoms with Crippen LogP contribution in [-0.4, -0.2) is 33.6 Å². The summed E-state index contributed by atoms with van der Waals surface area (Å²) >= 11 is 0. The van der Waals surface area contributed by atoms with Crippen molar-refractivity contribution in [2.45, 2.75) is 32.9 Å². The maximum Gasteiger partial charge on any atom is 0.158 e. The van der Waals surface area contributed by atoms with Gasteiger partial charge < -0.3 is 14.4 Å². The molecule has 0 bridgehead atoms. The van der Waals surface area contributed by atoms with E-state index in [9.17, 15) is 5.11 Å². The van der Waals surface area contributed by atoms with Crippen LogP contribution in [-0.2, 0) is 30.7 Å². The second kappa shape index (κ2) is 7.17. The van der Waals surface area contributed by atoms with Gasteiger partial charge in [-0.05, 0) is 24.5 Å². The molecule has 0 amide bonds. The number of hydrogen-bond acceptors (Lipinski definition) is 4. The van der Waals surface area contributed by atoms with E-state index in [1.165, 1.54) is 11.1 Å². The molecule has 1 heterocycles. The summed E-state index contributed by atoms with van der Waals surface area (Å²) in [6.45, 7) is 3.27. The van der Waals surface area contributed by atoms with Gasteiger partial charge in [0.1, 0.15) is 12.4 Å². The van der Waals surface area contributed by atoms with Gasteiger partial charge in [-0.3, -0.25) is 0 Å². The molecule has 1 aromatic heterocycles. The van der Waals surface area contributed by atoms with Crippen LogP contribution in [0.15, 0.2) is 24.3 Å². The minimum atomic E-state index is -0.0962. The Balaban J connectivity index is 2.09. The number of benzene rings is 1. The van der Waals surface area contributed by atoms with Gasteiger partial charge in [-0.1, -0.05) is 24.3 Å². The first kappa shape index (κ1) is 14.7. The number of hydrogen-bond donors (Lipinski definition) is 1. The van der Waals surface area contributed by atoms with Crippen molar-refractivity contribution in [2.24, 2.45) is 0 Å². The Bertz CT molecular complexity index is 552. The van der Waals surface area contributed by atoms with Gasteiger partial charge in [0.15, 0.2) is 5.82 Å². The standard InChI is InChI=1S/C15H21N3O2/c1-12-5-3-4-6-13(12)7-8-14-16-17-15(11-19)18(14)9-10-20-2/h3-6,19H,7-11H2,1-2H3. The van der Waals surface area contributed by atoms with Crippen LogP contribution in [0.4, 0.5) is 0 Å². The van der Waals surface area contributed by atoms with Gasteiger partial charge in [-0.15, -0.1) is 10.2 Å². The third-order valence-electron chi connectivity index (χ3n) is 3.44. The molecule has 5 nitrogen and oxygen atoms in total. The zero-order valence-corrected chi connectivity index (χ0v) is 12.0. The lowest BCUT2D eigenvalue weighted by Gasteiger charge is -2.09. The molecule has 20 heavy (non-hydrogen) atoms. The molecule has 0 saturated carbocycles. The Kier molecular flexibility index (Phi) is 5.26. The molecule has 108 valence electrons. The molecule has 2 rings (SSSR count). The summed E-state index contributed by atoms with van der Waals surface area (Å²) in [7, 11) is 1.66. The highest BCUT2D eigenvalue weighted by molar-refractivity contribution is 5.26. The van der Waals surface area contributed by atoms with Crippen LogP contribution in [0.2, 0.25) is 0 Å². The van der Waals surface area contributed by atoms with Gasteiger partial charge >= 0.3 is 0 Å². The molecule has 1 aromatic carbocycles. The molecule has 5 heteroatoms. The molecule has 1 N–H and O–H groups in total. The van der Waals surface area contributed by atoms with Crippen LogP contribution in [0.5, 0.6) is 0 Å². The van der Waals surface area contributed by atoms with Crippen LogP contribution in [0.25, 0.3) is 0 Å². The monoisotopic (exact) mass is 275 g/mol. The minimum Gasteiger partial charge on any atom is -0.388 e. The SMILES string of the molecule is COCCn1c(CO)nnc1CCc1ccccc1C.